The van der Waals surface area contributed by atoms with Gasteiger partial charge in [-0.3, -0.25) is 4.79 Å². The molecule has 3 aromatic rings. The van der Waals surface area contributed by atoms with Crippen LogP contribution in [0.5, 0.6) is 11.5 Å². The van der Waals surface area contributed by atoms with Crippen LogP contribution in [0.2, 0.25) is 0 Å². The average Bonchev–Trinajstić information content (AvgIpc) is 2.73. The Morgan fingerprint density at radius 3 is 2.29 bits per heavy atom. The lowest BCUT2D eigenvalue weighted by molar-refractivity contribution is -0.118. The van der Waals surface area contributed by atoms with E-state index in [1.807, 2.05) is 73.7 Å². The van der Waals surface area contributed by atoms with Gasteiger partial charge in [0.15, 0.2) is 6.61 Å². The van der Waals surface area contributed by atoms with Crippen LogP contribution in [0.3, 0.4) is 0 Å². The van der Waals surface area contributed by atoms with Crippen LogP contribution in [-0.4, -0.2) is 19.1 Å². The number of hydrogen-bond acceptors (Lipinski definition) is 3. The number of para-hydroxylation sites is 3. The Balaban J connectivity index is 1.61. The number of anilines is 1. The van der Waals surface area contributed by atoms with Crippen LogP contribution in [-0.2, 0) is 11.2 Å². The SMILES string of the molecule is CCCOc1ccccc1NC(=O)COc1ccccc1Cc1ccccc1. The van der Waals surface area contributed by atoms with Gasteiger partial charge in [-0.05, 0) is 35.7 Å². The molecule has 4 nitrogen and oxygen atoms in total. The minimum absolute atomic E-state index is 0.0616. The van der Waals surface area contributed by atoms with E-state index >= 15 is 0 Å². The summed E-state index contributed by atoms with van der Waals surface area (Å²) in [6, 6.07) is 25.4. The van der Waals surface area contributed by atoms with Crippen molar-refractivity contribution in [3.63, 3.8) is 0 Å². The Labute approximate surface area is 166 Å². The van der Waals surface area contributed by atoms with E-state index < -0.39 is 0 Å². The first-order chi connectivity index (χ1) is 13.8. The number of benzene rings is 3. The molecule has 0 bridgehead atoms. The van der Waals surface area contributed by atoms with Crippen LogP contribution in [0, 0.1) is 0 Å². The van der Waals surface area contributed by atoms with Crippen LogP contribution < -0.4 is 14.8 Å². The Bertz CT molecular complexity index is 893. The third-order valence-corrected chi connectivity index (χ3v) is 4.19. The van der Waals surface area contributed by atoms with Crippen molar-refractivity contribution >= 4 is 11.6 Å². The van der Waals surface area contributed by atoms with E-state index in [1.54, 1.807) is 0 Å². The number of nitrogens with one attached hydrogen (secondary N) is 1. The highest BCUT2D eigenvalue weighted by atomic mass is 16.5. The molecule has 0 saturated carbocycles. The zero-order chi connectivity index (χ0) is 19.6. The summed E-state index contributed by atoms with van der Waals surface area (Å²) >= 11 is 0. The Morgan fingerprint density at radius 2 is 1.50 bits per heavy atom. The molecule has 0 aromatic heterocycles. The molecule has 3 rings (SSSR count). The summed E-state index contributed by atoms with van der Waals surface area (Å²) in [4.78, 5) is 12.4. The minimum Gasteiger partial charge on any atom is -0.491 e. The highest BCUT2D eigenvalue weighted by Crippen LogP contribution is 2.24. The van der Waals surface area contributed by atoms with E-state index in [0.29, 0.717) is 18.0 Å². The lowest BCUT2D eigenvalue weighted by Gasteiger charge is -2.14. The van der Waals surface area contributed by atoms with Crippen molar-refractivity contribution in [2.45, 2.75) is 19.8 Å². The standard InChI is InChI=1S/C24H25NO3/c1-2-16-27-23-15-9-7-13-21(23)25-24(26)18-28-22-14-8-6-12-20(22)17-19-10-4-3-5-11-19/h3-15H,2,16-18H2,1H3,(H,25,26). The second-order valence-corrected chi connectivity index (χ2v) is 6.45. The average molecular weight is 375 g/mol. The van der Waals surface area contributed by atoms with Gasteiger partial charge in [-0.1, -0.05) is 67.6 Å². The number of hydrogen-bond donors (Lipinski definition) is 1. The predicted octanol–water partition coefficient (Wildman–Crippen LogP) is 5.08. The van der Waals surface area contributed by atoms with E-state index in [4.69, 9.17) is 9.47 Å². The molecule has 144 valence electrons. The molecule has 0 spiro atoms. The summed E-state index contributed by atoms with van der Waals surface area (Å²) in [5.74, 6) is 1.17. The van der Waals surface area contributed by atoms with Gasteiger partial charge in [0.25, 0.3) is 5.91 Å². The number of amides is 1. The first-order valence-electron chi connectivity index (χ1n) is 9.52. The Kier molecular flexibility index (Phi) is 7.08. The molecule has 0 atom stereocenters. The van der Waals surface area contributed by atoms with Gasteiger partial charge < -0.3 is 14.8 Å². The van der Waals surface area contributed by atoms with Gasteiger partial charge >= 0.3 is 0 Å². The van der Waals surface area contributed by atoms with E-state index in [-0.39, 0.29) is 12.5 Å². The maximum Gasteiger partial charge on any atom is 0.262 e. The summed E-state index contributed by atoms with van der Waals surface area (Å²) in [7, 11) is 0. The van der Waals surface area contributed by atoms with Gasteiger partial charge in [-0.2, -0.15) is 0 Å². The van der Waals surface area contributed by atoms with Crippen molar-refractivity contribution in [3.05, 3.63) is 90.0 Å². The van der Waals surface area contributed by atoms with Gasteiger partial charge in [0.05, 0.1) is 12.3 Å². The van der Waals surface area contributed by atoms with Gasteiger partial charge in [-0.25, -0.2) is 0 Å². The summed E-state index contributed by atoms with van der Waals surface area (Å²) in [5, 5.41) is 2.87. The van der Waals surface area contributed by atoms with Crippen LogP contribution in [0.4, 0.5) is 5.69 Å². The molecule has 1 N–H and O–H groups in total. The molecule has 0 unspecified atom stereocenters. The molecular formula is C24H25NO3. The normalized spacial score (nSPS) is 10.3. The predicted molar refractivity (Wildman–Crippen MR) is 112 cm³/mol. The number of carbonyl (C=O) groups is 1. The molecule has 0 aliphatic heterocycles. The number of carbonyl (C=O) groups excluding carboxylic acids is 1. The smallest absolute Gasteiger partial charge is 0.262 e. The maximum atomic E-state index is 12.4. The Morgan fingerprint density at radius 1 is 0.821 bits per heavy atom. The van der Waals surface area contributed by atoms with Crippen molar-refractivity contribution in [2.75, 3.05) is 18.5 Å². The zero-order valence-electron chi connectivity index (χ0n) is 16.1. The fourth-order valence-corrected chi connectivity index (χ4v) is 2.84. The molecular weight excluding hydrogens is 350 g/mol. The van der Waals surface area contributed by atoms with Crippen molar-refractivity contribution in [1.82, 2.24) is 0 Å². The van der Waals surface area contributed by atoms with Crippen LogP contribution in [0.1, 0.15) is 24.5 Å². The first-order valence-corrected chi connectivity index (χ1v) is 9.52. The van der Waals surface area contributed by atoms with Gasteiger partial charge in [0.1, 0.15) is 11.5 Å². The molecule has 1 amide bonds. The third-order valence-electron chi connectivity index (χ3n) is 4.19. The molecule has 0 radical (unpaired) electrons. The summed E-state index contributed by atoms with van der Waals surface area (Å²) in [6.07, 6.45) is 1.66. The largest absolute Gasteiger partial charge is 0.491 e. The molecule has 0 heterocycles. The summed E-state index contributed by atoms with van der Waals surface area (Å²) in [5.41, 5.74) is 2.90. The number of rotatable bonds is 9. The molecule has 4 heteroatoms. The molecule has 0 fully saturated rings. The second kappa shape index (κ2) is 10.2. The van der Waals surface area contributed by atoms with Gasteiger partial charge in [0, 0.05) is 6.42 Å². The van der Waals surface area contributed by atoms with Crippen LogP contribution in [0.25, 0.3) is 0 Å². The number of ether oxygens (including phenoxy) is 2. The topological polar surface area (TPSA) is 47.6 Å². The van der Waals surface area contributed by atoms with E-state index in [9.17, 15) is 4.79 Å². The van der Waals surface area contributed by atoms with E-state index in [2.05, 4.69) is 17.4 Å². The lowest BCUT2D eigenvalue weighted by atomic mass is 10.0. The zero-order valence-corrected chi connectivity index (χ0v) is 16.1. The fourth-order valence-electron chi connectivity index (χ4n) is 2.84. The molecule has 0 aliphatic carbocycles. The fraction of sp³-hybridized carbons (Fsp3) is 0.208. The minimum atomic E-state index is -0.220. The van der Waals surface area contributed by atoms with Crippen molar-refractivity contribution in [2.24, 2.45) is 0 Å². The van der Waals surface area contributed by atoms with Gasteiger partial charge in [-0.15, -0.1) is 0 Å². The third kappa shape index (κ3) is 5.61. The van der Waals surface area contributed by atoms with Crippen LogP contribution in [0.15, 0.2) is 78.9 Å². The second-order valence-electron chi connectivity index (χ2n) is 6.45. The molecule has 0 saturated heterocycles. The Hall–Kier alpha value is -3.27. The molecule has 0 aliphatic rings. The summed E-state index contributed by atoms with van der Waals surface area (Å²) in [6.45, 7) is 2.59. The summed E-state index contributed by atoms with van der Waals surface area (Å²) < 4.78 is 11.5. The van der Waals surface area contributed by atoms with Crippen molar-refractivity contribution < 1.29 is 14.3 Å². The molecule has 28 heavy (non-hydrogen) atoms. The van der Waals surface area contributed by atoms with Crippen LogP contribution >= 0.6 is 0 Å². The lowest BCUT2D eigenvalue weighted by Crippen LogP contribution is -2.21. The quantitative estimate of drug-likeness (QED) is 0.567. The highest BCUT2D eigenvalue weighted by Gasteiger charge is 2.10. The molecule has 3 aromatic carbocycles. The highest BCUT2D eigenvalue weighted by molar-refractivity contribution is 5.93. The first kappa shape index (κ1) is 19.5. The maximum absolute atomic E-state index is 12.4. The van der Waals surface area contributed by atoms with E-state index in [1.165, 1.54) is 5.56 Å². The van der Waals surface area contributed by atoms with Crippen molar-refractivity contribution in [3.8, 4) is 11.5 Å². The monoisotopic (exact) mass is 375 g/mol. The van der Waals surface area contributed by atoms with Gasteiger partial charge in [0.2, 0.25) is 0 Å². The van der Waals surface area contributed by atoms with Crippen molar-refractivity contribution in [1.29, 1.82) is 0 Å². The van der Waals surface area contributed by atoms with E-state index in [0.717, 1.165) is 24.2 Å².